The number of hydrogen-bond donors (Lipinski definition) is 0. The van der Waals surface area contributed by atoms with Crippen LogP contribution < -0.4 is 0 Å². The number of thiazole rings is 1. The quantitative estimate of drug-likeness (QED) is 0.833. The molecule has 0 amide bonds. The molecule has 1 atom stereocenters. The molecule has 0 aromatic carbocycles. The van der Waals surface area contributed by atoms with Gasteiger partial charge in [0.15, 0.2) is 0 Å². The van der Waals surface area contributed by atoms with Crippen LogP contribution in [-0.4, -0.2) is 43.4 Å². The van der Waals surface area contributed by atoms with Gasteiger partial charge >= 0.3 is 0 Å². The third-order valence-electron chi connectivity index (χ3n) is 2.98. The Hall–Kier alpha value is -0.460. The van der Waals surface area contributed by atoms with Crippen LogP contribution in [0.5, 0.6) is 0 Å². The van der Waals surface area contributed by atoms with E-state index in [0.717, 1.165) is 37.5 Å². The van der Waals surface area contributed by atoms with Gasteiger partial charge in [-0.05, 0) is 25.3 Å². The fraction of sp³-hybridized carbons (Fsp3) is 0.727. The van der Waals surface area contributed by atoms with E-state index in [9.17, 15) is 8.42 Å². The Balaban J connectivity index is 1.89. The summed E-state index contributed by atoms with van der Waals surface area (Å²) in [6, 6.07) is 0. The van der Waals surface area contributed by atoms with Crippen LogP contribution in [0.2, 0.25) is 0 Å². The maximum Gasteiger partial charge on any atom is 0.147 e. The Bertz CT molecular complexity index is 442. The Morgan fingerprint density at radius 3 is 3.06 bits per heavy atom. The molecule has 0 spiro atoms. The largest absolute Gasteiger partial charge is 0.296 e. The molecule has 0 bridgehead atoms. The van der Waals surface area contributed by atoms with Gasteiger partial charge in [-0.25, -0.2) is 13.4 Å². The molecule has 96 valence electrons. The van der Waals surface area contributed by atoms with Crippen molar-refractivity contribution in [2.24, 2.45) is 5.92 Å². The highest BCUT2D eigenvalue weighted by atomic mass is 32.2. The maximum atomic E-state index is 11.3. The van der Waals surface area contributed by atoms with Crippen LogP contribution >= 0.6 is 11.3 Å². The van der Waals surface area contributed by atoms with Crippen LogP contribution in [-0.2, 0) is 16.4 Å². The molecule has 1 fully saturated rings. The normalized spacial score (nSPS) is 22.8. The molecule has 0 N–H and O–H groups in total. The van der Waals surface area contributed by atoms with Gasteiger partial charge in [-0.1, -0.05) is 0 Å². The molecule has 1 aromatic heterocycles. The van der Waals surface area contributed by atoms with E-state index in [0.29, 0.717) is 11.7 Å². The summed E-state index contributed by atoms with van der Waals surface area (Å²) in [7, 11) is -2.85. The van der Waals surface area contributed by atoms with Gasteiger partial charge in [-0.3, -0.25) is 4.90 Å². The summed E-state index contributed by atoms with van der Waals surface area (Å²) >= 11 is 1.66. The van der Waals surface area contributed by atoms with Crippen molar-refractivity contribution in [2.75, 3.05) is 25.1 Å². The first-order valence-corrected chi connectivity index (χ1v) is 8.75. The average Bonchev–Trinajstić information content (AvgIpc) is 2.68. The predicted octanol–water partition coefficient (Wildman–Crippen LogP) is 1.40. The average molecular weight is 274 g/mol. The van der Waals surface area contributed by atoms with Crippen LogP contribution in [0.15, 0.2) is 11.6 Å². The minimum Gasteiger partial charge on any atom is -0.296 e. The molecule has 17 heavy (non-hydrogen) atoms. The predicted molar refractivity (Wildman–Crippen MR) is 69.8 cm³/mol. The van der Waals surface area contributed by atoms with Crippen LogP contribution in [0, 0.1) is 5.92 Å². The lowest BCUT2D eigenvalue weighted by Crippen LogP contribution is -2.37. The Morgan fingerprint density at radius 2 is 2.41 bits per heavy atom. The molecule has 0 radical (unpaired) electrons. The molecule has 2 heterocycles. The highest BCUT2D eigenvalue weighted by Crippen LogP contribution is 2.20. The molecule has 1 aliphatic rings. The summed E-state index contributed by atoms with van der Waals surface area (Å²) in [5.74, 6) is 0.611. The molecule has 1 aromatic rings. The second kappa shape index (κ2) is 5.46. The lowest BCUT2D eigenvalue weighted by molar-refractivity contribution is 0.177. The van der Waals surface area contributed by atoms with Crippen molar-refractivity contribution in [3.63, 3.8) is 0 Å². The smallest absolute Gasteiger partial charge is 0.147 e. The third-order valence-corrected chi connectivity index (χ3v) is 4.83. The number of hydrogen-bond acceptors (Lipinski definition) is 5. The van der Waals surface area contributed by atoms with Crippen molar-refractivity contribution in [3.05, 3.63) is 16.6 Å². The van der Waals surface area contributed by atoms with Crippen LogP contribution in [0.3, 0.4) is 0 Å². The first-order valence-electron chi connectivity index (χ1n) is 5.81. The molecule has 2 rings (SSSR count). The van der Waals surface area contributed by atoms with E-state index in [1.807, 2.05) is 11.6 Å². The lowest BCUT2D eigenvalue weighted by atomic mass is 10.0. The van der Waals surface area contributed by atoms with Crippen LogP contribution in [0.1, 0.15) is 17.8 Å². The fourth-order valence-corrected chi connectivity index (χ4v) is 4.17. The number of piperidine rings is 1. The van der Waals surface area contributed by atoms with Gasteiger partial charge in [0, 0.05) is 24.4 Å². The van der Waals surface area contributed by atoms with Crippen LogP contribution in [0.4, 0.5) is 0 Å². The van der Waals surface area contributed by atoms with E-state index in [1.165, 1.54) is 6.26 Å². The van der Waals surface area contributed by atoms with Gasteiger partial charge in [0.25, 0.3) is 0 Å². The van der Waals surface area contributed by atoms with Gasteiger partial charge in [0.05, 0.1) is 12.3 Å². The highest BCUT2D eigenvalue weighted by molar-refractivity contribution is 7.90. The van der Waals surface area contributed by atoms with Crippen molar-refractivity contribution in [1.82, 2.24) is 9.88 Å². The standard InChI is InChI=1S/C11H18N2O2S2/c1-17(14,15)9-10-3-2-5-13(7-10)8-11-12-4-6-16-11/h4,6,10H,2-3,5,7-9H2,1H3. The first kappa shape index (κ1) is 13.0. The van der Waals surface area contributed by atoms with E-state index in [-0.39, 0.29) is 0 Å². The second-order valence-corrected chi connectivity index (χ2v) is 7.93. The Kier molecular flexibility index (Phi) is 4.17. The monoisotopic (exact) mass is 274 g/mol. The summed E-state index contributed by atoms with van der Waals surface area (Å²) in [4.78, 5) is 6.59. The lowest BCUT2D eigenvalue weighted by Gasteiger charge is -2.31. The Morgan fingerprint density at radius 1 is 1.59 bits per heavy atom. The van der Waals surface area contributed by atoms with Crippen molar-refractivity contribution >= 4 is 21.2 Å². The molecule has 6 heteroatoms. The van der Waals surface area contributed by atoms with Gasteiger partial charge in [0.2, 0.25) is 0 Å². The van der Waals surface area contributed by atoms with Crippen molar-refractivity contribution in [3.8, 4) is 0 Å². The molecular weight excluding hydrogens is 256 g/mol. The second-order valence-electron chi connectivity index (χ2n) is 4.76. The molecule has 4 nitrogen and oxygen atoms in total. The number of rotatable bonds is 4. The highest BCUT2D eigenvalue weighted by Gasteiger charge is 2.23. The minimum absolute atomic E-state index is 0.290. The van der Waals surface area contributed by atoms with Gasteiger partial charge in [-0.15, -0.1) is 11.3 Å². The summed E-state index contributed by atoms with van der Waals surface area (Å²) in [6.45, 7) is 2.80. The zero-order chi connectivity index (χ0) is 12.3. The number of aromatic nitrogens is 1. The van der Waals surface area contributed by atoms with E-state index >= 15 is 0 Å². The summed E-state index contributed by atoms with van der Waals surface area (Å²) in [5.41, 5.74) is 0. The number of nitrogens with zero attached hydrogens (tertiary/aromatic N) is 2. The van der Waals surface area contributed by atoms with E-state index in [4.69, 9.17) is 0 Å². The van der Waals surface area contributed by atoms with E-state index in [1.54, 1.807) is 11.3 Å². The maximum absolute atomic E-state index is 11.3. The zero-order valence-electron chi connectivity index (χ0n) is 10.0. The van der Waals surface area contributed by atoms with Crippen molar-refractivity contribution in [2.45, 2.75) is 19.4 Å². The fourth-order valence-electron chi connectivity index (χ4n) is 2.38. The number of likely N-dealkylation sites (tertiary alicyclic amines) is 1. The van der Waals surface area contributed by atoms with Crippen LogP contribution in [0.25, 0.3) is 0 Å². The van der Waals surface area contributed by atoms with Gasteiger partial charge in [-0.2, -0.15) is 0 Å². The minimum atomic E-state index is -2.85. The van der Waals surface area contributed by atoms with Crippen molar-refractivity contribution in [1.29, 1.82) is 0 Å². The summed E-state index contributed by atoms with van der Waals surface area (Å²) in [5, 5.41) is 3.10. The van der Waals surface area contributed by atoms with E-state index in [2.05, 4.69) is 9.88 Å². The van der Waals surface area contributed by atoms with Crippen molar-refractivity contribution < 1.29 is 8.42 Å². The van der Waals surface area contributed by atoms with E-state index < -0.39 is 9.84 Å². The SMILES string of the molecule is CS(=O)(=O)CC1CCCN(Cc2nccs2)C1. The number of sulfone groups is 1. The van der Waals surface area contributed by atoms with Gasteiger partial charge in [0.1, 0.15) is 14.8 Å². The molecule has 1 unspecified atom stereocenters. The third kappa shape index (κ3) is 4.37. The molecule has 1 aliphatic heterocycles. The summed E-state index contributed by atoms with van der Waals surface area (Å²) in [6.07, 6.45) is 5.26. The molecule has 1 saturated heterocycles. The first-order chi connectivity index (χ1) is 8.03. The van der Waals surface area contributed by atoms with Gasteiger partial charge < -0.3 is 0 Å². The summed E-state index contributed by atoms with van der Waals surface area (Å²) < 4.78 is 22.6. The topological polar surface area (TPSA) is 50.3 Å². The molecule has 0 saturated carbocycles. The molecule has 0 aliphatic carbocycles. The Labute approximate surface area is 107 Å². The molecular formula is C11H18N2O2S2. The zero-order valence-corrected chi connectivity index (χ0v) is 11.6.